The molecule has 0 saturated carbocycles. The van der Waals surface area contributed by atoms with E-state index in [1.165, 1.54) is 19.2 Å². The Bertz CT molecular complexity index is 594. The van der Waals surface area contributed by atoms with Gasteiger partial charge in [0.25, 0.3) is 0 Å². The first-order chi connectivity index (χ1) is 8.54. The van der Waals surface area contributed by atoms with Crippen molar-refractivity contribution in [2.24, 2.45) is 0 Å². The summed E-state index contributed by atoms with van der Waals surface area (Å²) < 4.78 is 40.9. The standard InChI is InChI=1S/C14H12F3N/c1-3-9-4-5-18-14(13(9)17)10-6-8(2)11(15)7-12(10)16/h4-7H,3H2,1-2H3. The van der Waals surface area contributed by atoms with Gasteiger partial charge in [-0.25, -0.2) is 13.2 Å². The van der Waals surface area contributed by atoms with Gasteiger partial charge in [-0.05, 0) is 36.6 Å². The molecule has 1 nitrogen and oxygen atoms in total. The number of aromatic nitrogens is 1. The van der Waals surface area contributed by atoms with E-state index in [9.17, 15) is 13.2 Å². The van der Waals surface area contributed by atoms with Gasteiger partial charge in [-0.3, -0.25) is 4.98 Å². The van der Waals surface area contributed by atoms with Crippen molar-refractivity contribution in [3.8, 4) is 11.3 Å². The monoisotopic (exact) mass is 251 g/mol. The number of aryl methyl sites for hydroxylation is 2. The van der Waals surface area contributed by atoms with Crippen molar-refractivity contribution < 1.29 is 13.2 Å². The van der Waals surface area contributed by atoms with E-state index in [0.29, 0.717) is 12.0 Å². The quantitative estimate of drug-likeness (QED) is 0.785. The van der Waals surface area contributed by atoms with Gasteiger partial charge < -0.3 is 0 Å². The first kappa shape index (κ1) is 12.6. The highest BCUT2D eigenvalue weighted by atomic mass is 19.1. The Labute approximate surface area is 103 Å². The van der Waals surface area contributed by atoms with Crippen molar-refractivity contribution in [3.05, 3.63) is 53.0 Å². The zero-order valence-electron chi connectivity index (χ0n) is 10.1. The lowest BCUT2D eigenvalue weighted by Crippen LogP contribution is -1.98. The van der Waals surface area contributed by atoms with Crippen LogP contribution in [0.4, 0.5) is 13.2 Å². The number of benzene rings is 1. The molecule has 0 saturated heterocycles. The van der Waals surface area contributed by atoms with Gasteiger partial charge in [-0.15, -0.1) is 0 Å². The number of pyridine rings is 1. The van der Waals surface area contributed by atoms with Crippen LogP contribution in [-0.4, -0.2) is 4.98 Å². The Kier molecular flexibility index (Phi) is 3.36. The van der Waals surface area contributed by atoms with Gasteiger partial charge in [-0.2, -0.15) is 0 Å². The molecule has 0 aliphatic carbocycles. The van der Waals surface area contributed by atoms with Crippen LogP contribution in [0.25, 0.3) is 11.3 Å². The fraction of sp³-hybridized carbons (Fsp3) is 0.214. The summed E-state index contributed by atoms with van der Waals surface area (Å²) in [7, 11) is 0. The van der Waals surface area contributed by atoms with Gasteiger partial charge in [0.05, 0.1) is 0 Å². The van der Waals surface area contributed by atoms with Crippen LogP contribution in [0, 0.1) is 24.4 Å². The SMILES string of the molecule is CCc1ccnc(-c2cc(C)c(F)cc2F)c1F. The molecule has 0 bridgehead atoms. The minimum atomic E-state index is -0.808. The third-order valence-corrected chi connectivity index (χ3v) is 2.85. The van der Waals surface area contributed by atoms with Crippen molar-refractivity contribution in [1.82, 2.24) is 4.98 Å². The van der Waals surface area contributed by atoms with Crippen molar-refractivity contribution in [3.63, 3.8) is 0 Å². The summed E-state index contributed by atoms with van der Waals surface area (Å²) in [6.45, 7) is 3.30. The topological polar surface area (TPSA) is 12.9 Å². The lowest BCUT2D eigenvalue weighted by Gasteiger charge is -2.08. The summed E-state index contributed by atoms with van der Waals surface area (Å²) in [5, 5.41) is 0. The normalized spacial score (nSPS) is 10.7. The molecule has 94 valence electrons. The summed E-state index contributed by atoms with van der Waals surface area (Å²) in [6, 6.07) is 3.58. The number of hydrogen-bond acceptors (Lipinski definition) is 1. The maximum Gasteiger partial charge on any atom is 0.152 e. The molecule has 0 aliphatic rings. The van der Waals surface area contributed by atoms with E-state index in [-0.39, 0.29) is 16.8 Å². The molecular formula is C14H12F3N. The molecule has 0 aliphatic heterocycles. The van der Waals surface area contributed by atoms with Gasteiger partial charge in [0.15, 0.2) is 5.82 Å². The minimum absolute atomic E-state index is 0.0123. The first-order valence-electron chi connectivity index (χ1n) is 5.64. The highest BCUT2D eigenvalue weighted by Gasteiger charge is 2.16. The van der Waals surface area contributed by atoms with Gasteiger partial charge >= 0.3 is 0 Å². The maximum atomic E-state index is 14.0. The molecule has 0 spiro atoms. The van der Waals surface area contributed by atoms with Crippen LogP contribution < -0.4 is 0 Å². The summed E-state index contributed by atoms with van der Waals surface area (Å²) in [4.78, 5) is 3.85. The van der Waals surface area contributed by atoms with Crippen LogP contribution >= 0.6 is 0 Å². The number of nitrogens with zero attached hydrogens (tertiary/aromatic N) is 1. The summed E-state index contributed by atoms with van der Waals surface area (Å²) in [5.41, 5.74) is 0.632. The smallest absolute Gasteiger partial charge is 0.152 e. The summed E-state index contributed by atoms with van der Waals surface area (Å²) in [6.07, 6.45) is 1.92. The lowest BCUT2D eigenvalue weighted by atomic mass is 10.0. The van der Waals surface area contributed by atoms with E-state index in [0.717, 1.165) is 6.07 Å². The van der Waals surface area contributed by atoms with Crippen LogP contribution in [0.3, 0.4) is 0 Å². The van der Waals surface area contributed by atoms with Gasteiger partial charge in [-0.1, -0.05) is 6.92 Å². The van der Waals surface area contributed by atoms with Crippen LogP contribution in [-0.2, 0) is 6.42 Å². The predicted octanol–water partition coefficient (Wildman–Crippen LogP) is 4.04. The third-order valence-electron chi connectivity index (χ3n) is 2.85. The fourth-order valence-electron chi connectivity index (χ4n) is 1.78. The number of hydrogen-bond donors (Lipinski definition) is 0. The summed E-state index contributed by atoms with van der Waals surface area (Å²) >= 11 is 0. The molecule has 1 aromatic heterocycles. The predicted molar refractivity (Wildman–Crippen MR) is 63.7 cm³/mol. The van der Waals surface area contributed by atoms with Crippen molar-refractivity contribution >= 4 is 0 Å². The van der Waals surface area contributed by atoms with Crippen LogP contribution in [0.2, 0.25) is 0 Å². The second-order valence-electron chi connectivity index (χ2n) is 4.07. The second-order valence-corrected chi connectivity index (χ2v) is 4.07. The van der Waals surface area contributed by atoms with Crippen molar-refractivity contribution in [2.45, 2.75) is 20.3 Å². The third kappa shape index (κ3) is 2.10. The molecule has 2 rings (SSSR count). The molecule has 2 aromatic rings. The molecule has 1 aromatic carbocycles. The zero-order chi connectivity index (χ0) is 13.3. The average Bonchev–Trinajstić information content (AvgIpc) is 2.34. The molecule has 0 radical (unpaired) electrons. The molecule has 0 atom stereocenters. The first-order valence-corrected chi connectivity index (χ1v) is 5.64. The van der Waals surface area contributed by atoms with E-state index in [1.54, 1.807) is 13.0 Å². The van der Waals surface area contributed by atoms with Gasteiger partial charge in [0.2, 0.25) is 0 Å². The Hall–Kier alpha value is -1.84. The highest BCUT2D eigenvalue weighted by Crippen LogP contribution is 2.27. The molecule has 1 heterocycles. The molecule has 0 unspecified atom stereocenters. The van der Waals surface area contributed by atoms with Gasteiger partial charge in [0.1, 0.15) is 17.3 Å². The molecule has 0 amide bonds. The number of rotatable bonds is 2. The van der Waals surface area contributed by atoms with Crippen molar-refractivity contribution in [2.75, 3.05) is 0 Å². The molecular weight excluding hydrogens is 239 g/mol. The highest BCUT2D eigenvalue weighted by molar-refractivity contribution is 5.62. The maximum absolute atomic E-state index is 14.0. The molecule has 18 heavy (non-hydrogen) atoms. The van der Waals surface area contributed by atoms with Crippen LogP contribution in [0.1, 0.15) is 18.1 Å². The van der Waals surface area contributed by atoms with Crippen LogP contribution in [0.15, 0.2) is 24.4 Å². The molecule has 0 fully saturated rings. The number of halogens is 3. The van der Waals surface area contributed by atoms with Gasteiger partial charge in [0, 0.05) is 17.8 Å². The Morgan fingerprint density at radius 3 is 2.50 bits per heavy atom. The Balaban J connectivity index is 2.66. The Morgan fingerprint density at radius 1 is 1.11 bits per heavy atom. The fourth-order valence-corrected chi connectivity index (χ4v) is 1.78. The van der Waals surface area contributed by atoms with E-state index in [4.69, 9.17) is 0 Å². The zero-order valence-corrected chi connectivity index (χ0v) is 10.1. The van der Waals surface area contributed by atoms with E-state index in [2.05, 4.69) is 4.98 Å². The molecule has 0 N–H and O–H groups in total. The average molecular weight is 251 g/mol. The lowest BCUT2D eigenvalue weighted by molar-refractivity contribution is 0.574. The largest absolute Gasteiger partial charge is 0.253 e. The van der Waals surface area contributed by atoms with Crippen LogP contribution in [0.5, 0.6) is 0 Å². The van der Waals surface area contributed by atoms with Crippen molar-refractivity contribution in [1.29, 1.82) is 0 Å². The summed E-state index contributed by atoms with van der Waals surface area (Å²) in [5.74, 6) is -2.01. The van der Waals surface area contributed by atoms with E-state index >= 15 is 0 Å². The van der Waals surface area contributed by atoms with E-state index < -0.39 is 17.5 Å². The Morgan fingerprint density at radius 2 is 1.83 bits per heavy atom. The second kappa shape index (κ2) is 4.80. The molecule has 4 heteroatoms. The minimum Gasteiger partial charge on any atom is -0.253 e. The van der Waals surface area contributed by atoms with E-state index in [1.807, 2.05) is 0 Å².